The maximum Gasteiger partial charge on any atom is 0.417 e. The lowest BCUT2D eigenvalue weighted by atomic mass is 9.76. The zero-order valence-electron chi connectivity index (χ0n) is 19.5. The SMILES string of the molecule is Cc1ccc(C(=O)N2CC3CCC2C(Nc2ccc(C(F)(F)F)cn2)C3)c(-c2ncccc2C)n1. The third-order valence-corrected chi connectivity index (χ3v) is 6.96. The Labute approximate surface area is 201 Å². The van der Waals surface area contributed by atoms with Crippen molar-refractivity contribution in [2.45, 2.75) is 51.4 Å². The van der Waals surface area contributed by atoms with Gasteiger partial charge in [-0.15, -0.1) is 0 Å². The molecule has 3 aromatic heterocycles. The third kappa shape index (κ3) is 4.59. The molecule has 1 saturated carbocycles. The van der Waals surface area contributed by atoms with E-state index in [-0.39, 0.29) is 18.0 Å². The highest BCUT2D eigenvalue weighted by Gasteiger charge is 2.44. The Bertz CT molecular complexity index is 1240. The number of pyridine rings is 3. The topological polar surface area (TPSA) is 71.0 Å². The highest BCUT2D eigenvalue weighted by molar-refractivity contribution is 6.00. The number of aromatic nitrogens is 3. The van der Waals surface area contributed by atoms with Crippen molar-refractivity contribution >= 4 is 11.7 Å². The van der Waals surface area contributed by atoms with E-state index in [9.17, 15) is 18.0 Å². The van der Waals surface area contributed by atoms with Crippen LogP contribution in [0.3, 0.4) is 0 Å². The average Bonchev–Trinajstić information content (AvgIpc) is 2.84. The molecule has 2 bridgehead atoms. The van der Waals surface area contributed by atoms with E-state index in [4.69, 9.17) is 0 Å². The Morgan fingerprint density at radius 3 is 2.57 bits per heavy atom. The summed E-state index contributed by atoms with van der Waals surface area (Å²) in [5.41, 5.74) is 2.72. The van der Waals surface area contributed by atoms with Crippen LogP contribution in [0.1, 0.15) is 46.4 Å². The second-order valence-electron chi connectivity index (χ2n) is 9.40. The molecular formula is C26H26F3N5O. The van der Waals surface area contributed by atoms with E-state index in [0.29, 0.717) is 35.2 Å². The Morgan fingerprint density at radius 2 is 1.89 bits per heavy atom. The van der Waals surface area contributed by atoms with Crippen LogP contribution < -0.4 is 5.32 Å². The largest absolute Gasteiger partial charge is 0.417 e. The van der Waals surface area contributed by atoms with Crippen molar-refractivity contribution in [3.05, 3.63) is 71.2 Å². The Morgan fingerprint density at radius 1 is 1.06 bits per heavy atom. The van der Waals surface area contributed by atoms with Gasteiger partial charge in [-0.25, -0.2) is 4.98 Å². The molecule has 6 rings (SSSR count). The number of rotatable bonds is 4. The van der Waals surface area contributed by atoms with Gasteiger partial charge in [-0.3, -0.25) is 14.8 Å². The summed E-state index contributed by atoms with van der Waals surface area (Å²) in [6.45, 7) is 4.48. The molecule has 0 radical (unpaired) electrons. The second-order valence-corrected chi connectivity index (χ2v) is 9.40. The predicted octanol–water partition coefficient (Wildman–Crippen LogP) is 5.28. The number of nitrogens with zero attached hydrogens (tertiary/aromatic N) is 4. The molecule has 5 heterocycles. The number of carbonyl (C=O) groups is 1. The molecule has 1 aliphatic carbocycles. The molecule has 35 heavy (non-hydrogen) atoms. The molecule has 1 N–H and O–H groups in total. The number of amides is 1. The van der Waals surface area contributed by atoms with Gasteiger partial charge in [0.1, 0.15) is 11.5 Å². The van der Waals surface area contributed by atoms with Crippen molar-refractivity contribution in [1.82, 2.24) is 19.9 Å². The second kappa shape index (κ2) is 8.94. The van der Waals surface area contributed by atoms with E-state index < -0.39 is 11.7 Å². The zero-order chi connectivity index (χ0) is 24.7. The van der Waals surface area contributed by atoms with E-state index in [1.165, 1.54) is 6.07 Å². The number of hydrogen-bond acceptors (Lipinski definition) is 5. The van der Waals surface area contributed by atoms with Crippen LogP contribution in [0.2, 0.25) is 0 Å². The minimum absolute atomic E-state index is 0.0874. The molecular weight excluding hydrogens is 455 g/mol. The van der Waals surface area contributed by atoms with Gasteiger partial charge >= 0.3 is 6.18 Å². The van der Waals surface area contributed by atoms with Gasteiger partial charge in [0.15, 0.2) is 0 Å². The fraction of sp³-hybridized carbons (Fsp3) is 0.385. The zero-order valence-corrected chi connectivity index (χ0v) is 19.5. The Hall–Kier alpha value is -3.49. The molecule has 2 aliphatic heterocycles. The average molecular weight is 482 g/mol. The summed E-state index contributed by atoms with van der Waals surface area (Å²) in [6.07, 6.45) is 0.795. The molecule has 3 fully saturated rings. The van der Waals surface area contributed by atoms with E-state index in [0.717, 1.165) is 42.8 Å². The van der Waals surface area contributed by atoms with Crippen LogP contribution in [0.4, 0.5) is 19.0 Å². The van der Waals surface area contributed by atoms with Gasteiger partial charge < -0.3 is 10.2 Å². The molecule has 182 valence electrons. The quantitative estimate of drug-likeness (QED) is 0.549. The first-order chi connectivity index (χ1) is 16.7. The molecule has 3 aromatic rings. The van der Waals surface area contributed by atoms with Crippen molar-refractivity contribution in [2.24, 2.45) is 5.92 Å². The van der Waals surface area contributed by atoms with Crippen LogP contribution in [0.25, 0.3) is 11.4 Å². The molecule has 3 unspecified atom stereocenters. The molecule has 0 aromatic carbocycles. The van der Waals surface area contributed by atoms with E-state index in [1.807, 2.05) is 43.0 Å². The summed E-state index contributed by atoms with van der Waals surface area (Å²) in [5.74, 6) is 0.596. The minimum Gasteiger partial charge on any atom is -0.365 e. The summed E-state index contributed by atoms with van der Waals surface area (Å²) in [4.78, 5) is 28.9. The van der Waals surface area contributed by atoms with Crippen molar-refractivity contribution in [3.8, 4) is 11.4 Å². The van der Waals surface area contributed by atoms with E-state index in [1.54, 1.807) is 6.20 Å². The lowest BCUT2D eigenvalue weighted by Gasteiger charge is -2.50. The number of piperidine rings is 2. The fourth-order valence-corrected chi connectivity index (χ4v) is 5.22. The number of fused-ring (bicyclic) bond motifs is 3. The first kappa shape index (κ1) is 23.3. The smallest absolute Gasteiger partial charge is 0.365 e. The fourth-order valence-electron chi connectivity index (χ4n) is 5.22. The van der Waals surface area contributed by atoms with Crippen molar-refractivity contribution < 1.29 is 18.0 Å². The third-order valence-electron chi connectivity index (χ3n) is 6.96. The molecule has 2 saturated heterocycles. The number of nitrogens with one attached hydrogen (secondary N) is 1. The van der Waals surface area contributed by atoms with E-state index >= 15 is 0 Å². The highest BCUT2D eigenvalue weighted by atomic mass is 19.4. The van der Waals surface area contributed by atoms with Crippen LogP contribution in [0.5, 0.6) is 0 Å². The highest BCUT2D eigenvalue weighted by Crippen LogP contribution is 2.38. The maximum absolute atomic E-state index is 13.8. The minimum atomic E-state index is -4.43. The summed E-state index contributed by atoms with van der Waals surface area (Å²) in [6, 6.07) is 9.65. The lowest BCUT2D eigenvalue weighted by Crippen LogP contribution is -2.59. The van der Waals surface area contributed by atoms with Gasteiger partial charge in [0.2, 0.25) is 0 Å². The Balaban J connectivity index is 1.41. The van der Waals surface area contributed by atoms with Crippen molar-refractivity contribution in [3.63, 3.8) is 0 Å². The van der Waals surface area contributed by atoms with Gasteiger partial charge in [0, 0.05) is 30.7 Å². The molecule has 1 amide bonds. The lowest BCUT2D eigenvalue weighted by molar-refractivity contribution is -0.137. The first-order valence-electron chi connectivity index (χ1n) is 11.7. The van der Waals surface area contributed by atoms with Crippen LogP contribution in [0.15, 0.2) is 48.8 Å². The molecule has 0 spiro atoms. The number of aryl methyl sites for hydroxylation is 2. The molecule has 9 heteroatoms. The van der Waals surface area contributed by atoms with Crippen LogP contribution >= 0.6 is 0 Å². The summed E-state index contributed by atoms with van der Waals surface area (Å²) in [7, 11) is 0. The Kier molecular flexibility index (Phi) is 5.94. The van der Waals surface area contributed by atoms with Gasteiger partial charge in [0.25, 0.3) is 5.91 Å². The predicted molar refractivity (Wildman–Crippen MR) is 126 cm³/mol. The number of carbonyl (C=O) groups excluding carboxylic acids is 1. The van der Waals surface area contributed by atoms with Gasteiger partial charge in [-0.05, 0) is 74.9 Å². The van der Waals surface area contributed by atoms with Crippen LogP contribution in [0, 0.1) is 19.8 Å². The number of anilines is 1. The molecule has 3 aliphatic rings. The van der Waals surface area contributed by atoms with E-state index in [2.05, 4.69) is 20.3 Å². The number of hydrogen-bond donors (Lipinski definition) is 1. The van der Waals surface area contributed by atoms with Gasteiger partial charge in [0.05, 0.1) is 22.9 Å². The monoisotopic (exact) mass is 481 g/mol. The van der Waals surface area contributed by atoms with Crippen LogP contribution in [-0.2, 0) is 6.18 Å². The normalized spacial score (nSPS) is 21.7. The van der Waals surface area contributed by atoms with Crippen LogP contribution in [-0.4, -0.2) is 44.4 Å². The van der Waals surface area contributed by atoms with Gasteiger partial charge in [-0.2, -0.15) is 13.2 Å². The maximum atomic E-state index is 13.8. The molecule has 3 atom stereocenters. The summed E-state index contributed by atoms with van der Waals surface area (Å²) >= 11 is 0. The number of alkyl halides is 3. The number of halogens is 3. The summed E-state index contributed by atoms with van der Waals surface area (Å²) in [5, 5.41) is 3.29. The summed E-state index contributed by atoms with van der Waals surface area (Å²) < 4.78 is 38.7. The van der Waals surface area contributed by atoms with Crippen molar-refractivity contribution in [1.29, 1.82) is 0 Å². The van der Waals surface area contributed by atoms with Crippen molar-refractivity contribution in [2.75, 3.05) is 11.9 Å². The molecule has 6 nitrogen and oxygen atoms in total. The van der Waals surface area contributed by atoms with Gasteiger partial charge in [-0.1, -0.05) is 6.07 Å². The first-order valence-corrected chi connectivity index (χ1v) is 11.7. The standard InChI is InChI=1S/C26H26F3N5O/c1-15-4-3-11-30-23(15)24-19(8-5-16(2)32-24)25(35)34-14-17-6-9-21(34)20(12-17)33-22-10-7-18(13-31-22)26(27,28)29/h3-5,7-8,10-11,13,17,20-21H,6,9,12,14H2,1-2H3,(H,31,33).